The number of anilines is 1. The van der Waals surface area contributed by atoms with Crippen molar-refractivity contribution in [2.75, 3.05) is 11.9 Å². The van der Waals surface area contributed by atoms with Crippen LogP contribution in [-0.2, 0) is 6.42 Å². The number of aryl methyl sites for hydroxylation is 1. The van der Waals surface area contributed by atoms with Gasteiger partial charge in [-0.3, -0.25) is 0 Å². The van der Waals surface area contributed by atoms with Crippen LogP contribution < -0.4 is 10.6 Å². The number of benzene rings is 1. The average Bonchev–Trinajstić information content (AvgIpc) is 2.38. The largest absolute Gasteiger partial charge is 0.371 e. The third-order valence-corrected chi connectivity index (χ3v) is 4.69. The van der Waals surface area contributed by atoms with E-state index >= 15 is 0 Å². The molecule has 1 fully saturated rings. The molecule has 2 N–H and O–H groups in total. The Kier molecular flexibility index (Phi) is 5.09. The molecule has 1 aliphatic carbocycles. The minimum atomic E-state index is 0.218. The van der Waals surface area contributed by atoms with Gasteiger partial charge in [0.2, 0.25) is 0 Å². The van der Waals surface area contributed by atoms with E-state index in [1.807, 2.05) is 0 Å². The molecule has 2 nitrogen and oxygen atoms in total. The first-order valence-electron chi connectivity index (χ1n) is 8.05. The van der Waals surface area contributed by atoms with Crippen molar-refractivity contribution >= 4 is 5.69 Å². The molecular formula is C18H30N2. The molecule has 1 saturated carbocycles. The smallest absolute Gasteiger partial charge is 0.0399 e. The fraction of sp³-hybridized carbons (Fsp3) is 0.667. The molecule has 1 unspecified atom stereocenters. The van der Waals surface area contributed by atoms with Crippen molar-refractivity contribution in [1.29, 1.82) is 0 Å². The van der Waals surface area contributed by atoms with Crippen LogP contribution in [0.5, 0.6) is 0 Å². The van der Waals surface area contributed by atoms with Gasteiger partial charge in [-0.15, -0.1) is 0 Å². The van der Waals surface area contributed by atoms with Crippen LogP contribution in [0.4, 0.5) is 5.69 Å². The zero-order chi connectivity index (χ0) is 14.7. The molecule has 0 radical (unpaired) electrons. The lowest BCUT2D eigenvalue weighted by molar-refractivity contribution is 0.340. The van der Waals surface area contributed by atoms with Gasteiger partial charge in [-0.25, -0.2) is 0 Å². The first-order chi connectivity index (χ1) is 9.47. The fourth-order valence-electron chi connectivity index (χ4n) is 3.40. The van der Waals surface area contributed by atoms with Crippen LogP contribution in [0, 0.1) is 12.8 Å². The van der Waals surface area contributed by atoms with E-state index in [0.717, 1.165) is 12.3 Å². The summed E-state index contributed by atoms with van der Waals surface area (Å²) in [6.45, 7) is 6.63. The topological polar surface area (TPSA) is 29.3 Å². The molecule has 1 aromatic rings. The highest BCUT2D eigenvalue weighted by Crippen LogP contribution is 2.31. The molecule has 0 aromatic heterocycles. The quantitative estimate of drug-likeness (QED) is 0.902. The molecule has 1 aromatic carbocycles. The molecule has 0 bridgehead atoms. The predicted molar refractivity (Wildman–Crippen MR) is 88.4 cm³/mol. The van der Waals surface area contributed by atoms with Crippen molar-refractivity contribution in [2.45, 2.75) is 65.0 Å². The minimum absolute atomic E-state index is 0.218. The van der Waals surface area contributed by atoms with E-state index in [4.69, 9.17) is 5.73 Å². The standard InChI is InChI=1S/C18H30N2/c1-13-5-8-17(9-6-13)20(4)18-10-7-14(2)11-16(18)12-15(3)19/h7,10-11,13,15,17H,5-6,8-9,12,19H2,1-4H3. The molecule has 0 saturated heterocycles. The highest BCUT2D eigenvalue weighted by atomic mass is 15.1. The Hall–Kier alpha value is -1.02. The van der Waals surface area contributed by atoms with Gasteiger partial charge in [0, 0.05) is 24.8 Å². The molecule has 0 aliphatic heterocycles. The molecular weight excluding hydrogens is 244 g/mol. The van der Waals surface area contributed by atoms with Gasteiger partial charge in [-0.1, -0.05) is 24.6 Å². The molecule has 0 amide bonds. The molecule has 1 aliphatic rings. The monoisotopic (exact) mass is 274 g/mol. The van der Waals surface area contributed by atoms with Crippen molar-refractivity contribution in [3.05, 3.63) is 29.3 Å². The van der Waals surface area contributed by atoms with Crippen LogP contribution in [0.15, 0.2) is 18.2 Å². The summed E-state index contributed by atoms with van der Waals surface area (Å²) < 4.78 is 0. The minimum Gasteiger partial charge on any atom is -0.371 e. The normalized spacial score (nSPS) is 24.4. The van der Waals surface area contributed by atoms with Gasteiger partial charge < -0.3 is 10.6 Å². The van der Waals surface area contributed by atoms with Crippen LogP contribution in [0.25, 0.3) is 0 Å². The SMILES string of the molecule is Cc1ccc(N(C)C2CCC(C)CC2)c(CC(C)N)c1. The number of nitrogens with two attached hydrogens (primary N) is 1. The second-order valence-corrected chi connectivity index (χ2v) is 6.84. The van der Waals surface area contributed by atoms with Crippen LogP contribution in [0.1, 0.15) is 50.7 Å². The average molecular weight is 274 g/mol. The first-order valence-corrected chi connectivity index (χ1v) is 8.05. The zero-order valence-electron chi connectivity index (χ0n) is 13.5. The maximum atomic E-state index is 6.02. The number of nitrogens with zero attached hydrogens (tertiary/aromatic N) is 1. The Morgan fingerprint density at radius 2 is 1.90 bits per heavy atom. The zero-order valence-corrected chi connectivity index (χ0v) is 13.5. The predicted octanol–water partition coefficient (Wildman–Crippen LogP) is 3.90. The summed E-state index contributed by atoms with van der Waals surface area (Å²) in [6.07, 6.45) is 6.34. The summed E-state index contributed by atoms with van der Waals surface area (Å²) in [5.74, 6) is 0.904. The third kappa shape index (κ3) is 3.76. The molecule has 0 heterocycles. The van der Waals surface area contributed by atoms with Crippen LogP contribution in [0.3, 0.4) is 0 Å². The van der Waals surface area contributed by atoms with E-state index in [-0.39, 0.29) is 6.04 Å². The highest BCUT2D eigenvalue weighted by molar-refractivity contribution is 5.55. The van der Waals surface area contributed by atoms with E-state index in [9.17, 15) is 0 Å². The Labute approximate surface area is 124 Å². The van der Waals surface area contributed by atoms with Gasteiger partial charge >= 0.3 is 0 Å². The summed E-state index contributed by atoms with van der Waals surface area (Å²) in [5.41, 5.74) is 10.1. The van der Waals surface area contributed by atoms with E-state index in [1.165, 1.54) is 42.5 Å². The number of hydrogen-bond donors (Lipinski definition) is 1. The van der Waals surface area contributed by atoms with E-state index in [1.54, 1.807) is 0 Å². The molecule has 20 heavy (non-hydrogen) atoms. The molecule has 1 atom stereocenters. The molecule has 112 valence electrons. The van der Waals surface area contributed by atoms with Crippen LogP contribution in [0.2, 0.25) is 0 Å². The van der Waals surface area contributed by atoms with Gasteiger partial charge in [0.15, 0.2) is 0 Å². The van der Waals surface area contributed by atoms with Crippen molar-refractivity contribution in [3.8, 4) is 0 Å². The second-order valence-electron chi connectivity index (χ2n) is 6.84. The molecule has 2 rings (SSSR count). The van der Waals surface area contributed by atoms with Crippen molar-refractivity contribution in [3.63, 3.8) is 0 Å². The Morgan fingerprint density at radius 1 is 1.25 bits per heavy atom. The summed E-state index contributed by atoms with van der Waals surface area (Å²) in [7, 11) is 2.26. The maximum Gasteiger partial charge on any atom is 0.0399 e. The second kappa shape index (κ2) is 6.62. The van der Waals surface area contributed by atoms with Gasteiger partial charge in [0.1, 0.15) is 0 Å². The van der Waals surface area contributed by atoms with E-state index < -0.39 is 0 Å². The number of hydrogen-bond acceptors (Lipinski definition) is 2. The summed E-state index contributed by atoms with van der Waals surface area (Å²) >= 11 is 0. The Morgan fingerprint density at radius 3 is 2.50 bits per heavy atom. The maximum absolute atomic E-state index is 6.02. The van der Waals surface area contributed by atoms with Crippen LogP contribution >= 0.6 is 0 Å². The van der Waals surface area contributed by atoms with Crippen LogP contribution in [-0.4, -0.2) is 19.1 Å². The van der Waals surface area contributed by atoms with Crippen molar-refractivity contribution in [2.24, 2.45) is 11.7 Å². The highest BCUT2D eigenvalue weighted by Gasteiger charge is 2.23. The Balaban J connectivity index is 2.18. The van der Waals surface area contributed by atoms with Crippen molar-refractivity contribution in [1.82, 2.24) is 0 Å². The van der Waals surface area contributed by atoms with E-state index in [2.05, 4.69) is 50.9 Å². The summed E-state index contributed by atoms with van der Waals surface area (Å²) in [5, 5.41) is 0. The molecule has 0 spiro atoms. The lowest BCUT2D eigenvalue weighted by Crippen LogP contribution is -2.35. The van der Waals surface area contributed by atoms with Gasteiger partial charge in [0.25, 0.3) is 0 Å². The summed E-state index contributed by atoms with van der Waals surface area (Å²) in [4.78, 5) is 2.50. The van der Waals surface area contributed by atoms with Gasteiger partial charge in [0.05, 0.1) is 0 Å². The van der Waals surface area contributed by atoms with Crippen molar-refractivity contribution < 1.29 is 0 Å². The lowest BCUT2D eigenvalue weighted by Gasteiger charge is -2.36. The fourth-order valence-corrected chi connectivity index (χ4v) is 3.40. The lowest BCUT2D eigenvalue weighted by atomic mass is 9.86. The Bertz CT molecular complexity index is 431. The summed E-state index contributed by atoms with van der Waals surface area (Å²) in [6, 6.07) is 7.73. The first kappa shape index (κ1) is 15.4. The third-order valence-electron chi connectivity index (χ3n) is 4.69. The van der Waals surface area contributed by atoms with E-state index in [0.29, 0.717) is 6.04 Å². The van der Waals surface area contributed by atoms with Gasteiger partial charge in [-0.2, -0.15) is 0 Å². The molecule has 2 heteroatoms. The van der Waals surface area contributed by atoms with Gasteiger partial charge in [-0.05, 0) is 63.5 Å². The number of rotatable bonds is 4.